The second-order valence-electron chi connectivity index (χ2n) is 9.53. The number of carbonyl (C=O) groups excluding carboxylic acids is 1. The van der Waals surface area contributed by atoms with E-state index in [1.54, 1.807) is 0 Å². The zero-order valence-electron chi connectivity index (χ0n) is 18.5. The number of aromatic nitrogens is 1. The Kier molecular flexibility index (Phi) is 5.59. The Bertz CT molecular complexity index is 1040. The molecular weight excluding hydrogens is 372 g/mol. The van der Waals surface area contributed by atoms with Crippen LogP contribution in [0.4, 0.5) is 0 Å². The van der Waals surface area contributed by atoms with Crippen LogP contribution in [0.3, 0.4) is 0 Å². The predicted molar refractivity (Wildman–Crippen MR) is 122 cm³/mol. The van der Waals surface area contributed by atoms with Gasteiger partial charge in [0.15, 0.2) is 0 Å². The fourth-order valence-corrected chi connectivity index (χ4v) is 4.27. The largest absolute Gasteiger partial charge is 0.494 e. The van der Waals surface area contributed by atoms with Crippen molar-refractivity contribution in [3.05, 3.63) is 64.8 Å². The van der Waals surface area contributed by atoms with Crippen LogP contribution in [0.2, 0.25) is 0 Å². The van der Waals surface area contributed by atoms with Crippen molar-refractivity contribution in [2.45, 2.75) is 64.8 Å². The van der Waals surface area contributed by atoms with Crippen LogP contribution in [0, 0.1) is 6.92 Å². The molecule has 3 aromatic rings. The Labute approximate surface area is 179 Å². The Hall–Kier alpha value is -2.75. The van der Waals surface area contributed by atoms with Crippen LogP contribution < -0.4 is 10.1 Å². The smallest absolute Gasteiger partial charge is 0.220 e. The van der Waals surface area contributed by atoms with Crippen LogP contribution in [0.1, 0.15) is 56.0 Å². The summed E-state index contributed by atoms with van der Waals surface area (Å²) in [6, 6.07) is 15.0. The van der Waals surface area contributed by atoms with E-state index in [1.807, 2.05) is 12.1 Å². The second kappa shape index (κ2) is 8.17. The van der Waals surface area contributed by atoms with Gasteiger partial charge in [-0.05, 0) is 60.6 Å². The number of nitrogens with one attached hydrogen (secondary N) is 2. The average Bonchev–Trinajstić information content (AvgIpc) is 3.22. The summed E-state index contributed by atoms with van der Waals surface area (Å²) in [5, 5.41) is 4.50. The predicted octanol–water partition coefficient (Wildman–Crippen LogP) is 5.22. The van der Waals surface area contributed by atoms with E-state index in [9.17, 15) is 4.79 Å². The number of hydrogen-bond donors (Lipinski definition) is 2. The van der Waals surface area contributed by atoms with Gasteiger partial charge >= 0.3 is 0 Å². The van der Waals surface area contributed by atoms with Crippen LogP contribution in [0.25, 0.3) is 10.9 Å². The molecule has 0 aliphatic heterocycles. The van der Waals surface area contributed by atoms with Crippen molar-refractivity contribution >= 4 is 16.8 Å². The number of aryl methyl sites for hydroxylation is 1. The van der Waals surface area contributed by atoms with Crippen molar-refractivity contribution in [1.29, 1.82) is 0 Å². The molecule has 1 aliphatic carbocycles. The lowest BCUT2D eigenvalue weighted by atomic mass is 9.87. The maximum absolute atomic E-state index is 12.4. The van der Waals surface area contributed by atoms with Crippen molar-refractivity contribution in [2.75, 3.05) is 6.61 Å². The summed E-state index contributed by atoms with van der Waals surface area (Å²) in [5.41, 5.74) is 6.53. The number of ether oxygens (including phenoxy) is 1. The van der Waals surface area contributed by atoms with Crippen molar-refractivity contribution < 1.29 is 9.53 Å². The first-order valence-corrected chi connectivity index (χ1v) is 10.9. The van der Waals surface area contributed by atoms with E-state index in [0.717, 1.165) is 18.6 Å². The molecule has 4 heteroatoms. The Morgan fingerprint density at radius 3 is 2.63 bits per heavy atom. The van der Waals surface area contributed by atoms with Gasteiger partial charge < -0.3 is 15.0 Å². The van der Waals surface area contributed by atoms with Gasteiger partial charge in [-0.3, -0.25) is 4.79 Å². The van der Waals surface area contributed by atoms with E-state index in [1.165, 1.54) is 33.3 Å². The Balaban J connectivity index is 1.21. The summed E-state index contributed by atoms with van der Waals surface area (Å²) in [5.74, 6) is 0.970. The molecule has 1 amide bonds. The van der Waals surface area contributed by atoms with Crippen molar-refractivity contribution in [1.82, 2.24) is 10.3 Å². The van der Waals surface area contributed by atoms with Gasteiger partial charge in [0.05, 0.1) is 6.61 Å². The highest BCUT2D eigenvalue weighted by atomic mass is 16.5. The van der Waals surface area contributed by atoms with E-state index in [0.29, 0.717) is 19.4 Å². The highest BCUT2D eigenvalue weighted by Crippen LogP contribution is 2.31. The maximum atomic E-state index is 12.4. The van der Waals surface area contributed by atoms with E-state index in [2.05, 4.69) is 68.3 Å². The molecule has 30 heavy (non-hydrogen) atoms. The quantitative estimate of drug-likeness (QED) is 0.554. The standard InChI is InChI=1S/C26H32N2O2/c1-17-7-12-23-21(14-17)22-15-19(16-24(22)28-23)27-25(29)6-5-13-30-20-10-8-18(9-11-20)26(2,3)4/h7-12,14,19,28H,5-6,13,15-16H2,1-4H3,(H,27,29). The number of hydrogen-bond acceptors (Lipinski definition) is 2. The van der Waals surface area contributed by atoms with Gasteiger partial charge in [-0.15, -0.1) is 0 Å². The van der Waals surface area contributed by atoms with Crippen LogP contribution in [-0.4, -0.2) is 23.5 Å². The van der Waals surface area contributed by atoms with Crippen LogP contribution >= 0.6 is 0 Å². The Morgan fingerprint density at radius 2 is 1.90 bits per heavy atom. The normalized spacial score (nSPS) is 15.9. The minimum absolute atomic E-state index is 0.109. The summed E-state index contributed by atoms with van der Waals surface area (Å²) < 4.78 is 5.81. The average molecular weight is 405 g/mol. The second-order valence-corrected chi connectivity index (χ2v) is 9.53. The van der Waals surface area contributed by atoms with Gasteiger partial charge in [0.1, 0.15) is 5.75 Å². The number of fused-ring (bicyclic) bond motifs is 3. The molecule has 1 unspecified atom stereocenters. The molecule has 158 valence electrons. The number of carbonyl (C=O) groups is 1. The highest BCUT2D eigenvalue weighted by Gasteiger charge is 2.26. The lowest BCUT2D eigenvalue weighted by Gasteiger charge is -2.19. The summed E-state index contributed by atoms with van der Waals surface area (Å²) in [7, 11) is 0. The van der Waals surface area contributed by atoms with Crippen molar-refractivity contribution in [3.63, 3.8) is 0 Å². The lowest BCUT2D eigenvalue weighted by Crippen LogP contribution is -2.35. The fraction of sp³-hybridized carbons (Fsp3) is 0.423. The molecule has 1 atom stereocenters. The SMILES string of the molecule is Cc1ccc2[nH]c3c(c2c1)CC(NC(=O)CCCOc1ccc(C(C)(C)C)cc1)C3. The van der Waals surface area contributed by atoms with Gasteiger partial charge in [0, 0.05) is 35.5 Å². The van der Waals surface area contributed by atoms with Gasteiger partial charge in [-0.2, -0.15) is 0 Å². The van der Waals surface area contributed by atoms with Crippen molar-refractivity contribution in [3.8, 4) is 5.75 Å². The molecule has 0 bridgehead atoms. The minimum atomic E-state index is 0.109. The Morgan fingerprint density at radius 1 is 1.13 bits per heavy atom. The van der Waals surface area contributed by atoms with Gasteiger partial charge in [0.2, 0.25) is 5.91 Å². The van der Waals surface area contributed by atoms with Gasteiger partial charge in [-0.25, -0.2) is 0 Å². The summed E-state index contributed by atoms with van der Waals surface area (Å²) in [4.78, 5) is 15.9. The molecule has 0 fully saturated rings. The number of amides is 1. The lowest BCUT2D eigenvalue weighted by molar-refractivity contribution is -0.121. The van der Waals surface area contributed by atoms with E-state index < -0.39 is 0 Å². The third-order valence-corrected chi connectivity index (χ3v) is 5.95. The van der Waals surface area contributed by atoms with Gasteiger partial charge in [-0.1, -0.05) is 44.5 Å². The first-order valence-electron chi connectivity index (χ1n) is 10.9. The number of H-pyrrole nitrogens is 1. The fourth-order valence-electron chi connectivity index (χ4n) is 4.27. The molecule has 0 saturated carbocycles. The molecule has 0 radical (unpaired) electrons. The molecule has 0 saturated heterocycles. The van der Waals surface area contributed by atoms with Crippen LogP contribution in [-0.2, 0) is 23.1 Å². The topological polar surface area (TPSA) is 54.1 Å². The molecule has 1 aromatic heterocycles. The van der Waals surface area contributed by atoms with Crippen LogP contribution in [0.5, 0.6) is 5.75 Å². The van der Waals surface area contributed by atoms with Crippen molar-refractivity contribution in [2.24, 2.45) is 0 Å². The van der Waals surface area contributed by atoms with E-state index >= 15 is 0 Å². The maximum Gasteiger partial charge on any atom is 0.220 e. The monoisotopic (exact) mass is 404 g/mol. The number of benzene rings is 2. The van der Waals surface area contributed by atoms with Gasteiger partial charge in [0.25, 0.3) is 0 Å². The zero-order valence-corrected chi connectivity index (χ0v) is 18.5. The first kappa shape index (κ1) is 20.5. The molecule has 1 aliphatic rings. The number of aromatic amines is 1. The summed E-state index contributed by atoms with van der Waals surface area (Å²) in [6.07, 6.45) is 2.99. The molecule has 4 nitrogen and oxygen atoms in total. The summed E-state index contributed by atoms with van der Waals surface area (Å²) >= 11 is 0. The third-order valence-electron chi connectivity index (χ3n) is 5.95. The summed E-state index contributed by atoms with van der Waals surface area (Å²) in [6.45, 7) is 9.27. The molecular formula is C26H32N2O2. The van der Waals surface area contributed by atoms with E-state index in [-0.39, 0.29) is 17.4 Å². The van der Waals surface area contributed by atoms with E-state index in [4.69, 9.17) is 4.74 Å². The number of rotatable bonds is 6. The first-order chi connectivity index (χ1) is 14.3. The van der Waals surface area contributed by atoms with Crippen LogP contribution in [0.15, 0.2) is 42.5 Å². The minimum Gasteiger partial charge on any atom is -0.494 e. The highest BCUT2D eigenvalue weighted by molar-refractivity contribution is 5.86. The molecule has 1 heterocycles. The third kappa shape index (κ3) is 4.53. The molecule has 2 aromatic carbocycles. The molecule has 0 spiro atoms. The molecule has 2 N–H and O–H groups in total. The molecule has 4 rings (SSSR count). The zero-order chi connectivity index (χ0) is 21.3.